The highest BCUT2D eigenvalue weighted by atomic mass is 32.2. The number of rotatable bonds is 6. The predicted molar refractivity (Wildman–Crippen MR) is 115 cm³/mol. The fourth-order valence-corrected chi connectivity index (χ4v) is 4.59. The summed E-state index contributed by atoms with van der Waals surface area (Å²) in [4.78, 5) is 23.8. The summed E-state index contributed by atoms with van der Waals surface area (Å²) in [6, 6.07) is 12.1. The molecule has 1 aliphatic heterocycles. The minimum Gasteiger partial charge on any atom is -0.343 e. The monoisotopic (exact) mass is 467 g/mol. The van der Waals surface area contributed by atoms with Crippen LogP contribution in [0, 0.1) is 0 Å². The zero-order chi connectivity index (χ0) is 23.4. The number of carbonyl (C=O) groups excluding carboxylic acids is 2. The number of hydrogen-bond acceptors (Lipinski definition) is 4. The highest BCUT2D eigenvalue weighted by Gasteiger charge is 2.28. The van der Waals surface area contributed by atoms with E-state index in [0.29, 0.717) is 29.9 Å². The molecule has 11 heteroatoms. The lowest BCUT2D eigenvalue weighted by atomic mass is 10.2. The molecule has 3 rings (SSSR count). The first-order chi connectivity index (χ1) is 15.0. The van der Waals surface area contributed by atoms with Crippen LogP contribution in [0.3, 0.4) is 0 Å². The van der Waals surface area contributed by atoms with E-state index >= 15 is 0 Å². The zero-order valence-electron chi connectivity index (χ0n) is 16.7. The molecule has 0 unspecified atom stereocenters. The molecule has 1 aliphatic rings. The summed E-state index contributed by atoms with van der Waals surface area (Å²) in [5.41, 5.74) is 1.66. The van der Waals surface area contributed by atoms with Crippen molar-refractivity contribution in [2.45, 2.75) is 12.6 Å². The Hall–Kier alpha value is -3.34. The Morgan fingerprint density at radius 3 is 2.25 bits per heavy atom. The highest BCUT2D eigenvalue weighted by Crippen LogP contribution is 2.24. The van der Waals surface area contributed by atoms with Gasteiger partial charge < -0.3 is 10.6 Å². The third-order valence-electron chi connectivity index (χ3n) is 4.57. The van der Waals surface area contributed by atoms with E-state index < -0.39 is 34.6 Å². The average Bonchev–Trinajstić information content (AvgIpc) is 3.10. The maximum atomic E-state index is 12.2. The number of alkyl halides is 3. The first kappa shape index (κ1) is 23.3. The predicted octanol–water partition coefficient (Wildman–Crippen LogP) is 3.17. The van der Waals surface area contributed by atoms with Crippen molar-refractivity contribution >= 4 is 39.3 Å². The Bertz CT molecular complexity index is 1110. The summed E-state index contributed by atoms with van der Waals surface area (Å²) in [5, 5.41) is 4.34. The summed E-state index contributed by atoms with van der Waals surface area (Å²) in [6.07, 6.45) is -1.08. The lowest BCUT2D eigenvalue weighted by molar-refractivity contribution is -0.123. The number of amides is 2. The molecule has 0 aromatic heterocycles. The van der Waals surface area contributed by atoms with Crippen molar-refractivity contribution in [1.82, 2.24) is 5.32 Å². The maximum Gasteiger partial charge on any atom is 0.405 e. The number of carbonyl (C=O) groups is 2. The number of benzene rings is 2. The number of nitrogens with one attached hydrogen (secondary N) is 2. The van der Waals surface area contributed by atoms with Crippen LogP contribution >= 0.6 is 0 Å². The van der Waals surface area contributed by atoms with Crippen LogP contribution in [0.15, 0.2) is 54.6 Å². The Kier molecular flexibility index (Phi) is 6.87. The van der Waals surface area contributed by atoms with Crippen molar-refractivity contribution in [2.75, 3.05) is 28.5 Å². The van der Waals surface area contributed by atoms with Crippen molar-refractivity contribution in [1.29, 1.82) is 0 Å². The van der Waals surface area contributed by atoms with Crippen molar-refractivity contribution in [3.05, 3.63) is 65.7 Å². The van der Waals surface area contributed by atoms with Crippen molar-refractivity contribution in [3.8, 4) is 0 Å². The molecule has 2 aromatic carbocycles. The SMILES string of the molecule is O=C(/C=C/c1ccc(N2CCCS2(=O)=O)cc1)Nc1ccc(C(=O)NCC(F)(F)F)cc1. The zero-order valence-corrected chi connectivity index (χ0v) is 17.5. The maximum absolute atomic E-state index is 12.2. The van der Waals surface area contributed by atoms with E-state index in [2.05, 4.69) is 5.32 Å². The summed E-state index contributed by atoms with van der Waals surface area (Å²) >= 11 is 0. The molecule has 32 heavy (non-hydrogen) atoms. The molecule has 0 bridgehead atoms. The number of sulfonamides is 1. The standard InChI is InChI=1S/C21H20F3N3O4S/c22-21(23,24)14-25-20(29)16-5-7-17(8-6-16)26-19(28)11-4-15-2-9-18(10-3-15)27-12-1-13-32(27,30)31/h2-11H,1,12-14H2,(H,25,29)(H,26,28)/b11-4+. The largest absolute Gasteiger partial charge is 0.405 e. The minimum absolute atomic E-state index is 0.0305. The van der Waals surface area contributed by atoms with Crippen LogP contribution in [0.4, 0.5) is 24.5 Å². The third kappa shape index (κ3) is 6.33. The van der Waals surface area contributed by atoms with E-state index in [1.807, 2.05) is 0 Å². The van der Waals surface area contributed by atoms with Crippen LogP contribution in [-0.4, -0.2) is 45.3 Å². The molecule has 7 nitrogen and oxygen atoms in total. The second kappa shape index (κ2) is 9.43. The van der Waals surface area contributed by atoms with Crippen LogP contribution < -0.4 is 14.9 Å². The van der Waals surface area contributed by atoms with E-state index in [-0.39, 0.29) is 11.3 Å². The number of nitrogens with zero attached hydrogens (tertiary/aromatic N) is 1. The highest BCUT2D eigenvalue weighted by molar-refractivity contribution is 7.93. The first-order valence-electron chi connectivity index (χ1n) is 9.58. The summed E-state index contributed by atoms with van der Waals surface area (Å²) < 4.78 is 61.8. The van der Waals surface area contributed by atoms with E-state index in [1.54, 1.807) is 35.7 Å². The van der Waals surface area contributed by atoms with Gasteiger partial charge in [0.15, 0.2) is 0 Å². The van der Waals surface area contributed by atoms with Crippen molar-refractivity contribution in [2.24, 2.45) is 0 Å². The second-order valence-corrected chi connectivity index (χ2v) is 9.04. The van der Waals surface area contributed by atoms with E-state index in [4.69, 9.17) is 0 Å². The van der Waals surface area contributed by atoms with Crippen LogP contribution in [0.2, 0.25) is 0 Å². The molecule has 0 radical (unpaired) electrons. The molecule has 2 amide bonds. The van der Waals surface area contributed by atoms with Crippen LogP contribution in [0.25, 0.3) is 6.08 Å². The van der Waals surface area contributed by atoms with Gasteiger partial charge in [0.05, 0.1) is 11.4 Å². The van der Waals surface area contributed by atoms with Gasteiger partial charge in [-0.3, -0.25) is 13.9 Å². The molecule has 1 saturated heterocycles. The van der Waals surface area contributed by atoms with Gasteiger partial charge in [-0.05, 0) is 54.5 Å². The van der Waals surface area contributed by atoms with E-state index in [1.165, 1.54) is 34.6 Å². The van der Waals surface area contributed by atoms with Crippen LogP contribution in [-0.2, 0) is 14.8 Å². The fraction of sp³-hybridized carbons (Fsp3) is 0.238. The Morgan fingerprint density at radius 2 is 1.69 bits per heavy atom. The number of anilines is 2. The molecular weight excluding hydrogens is 447 g/mol. The number of hydrogen-bond donors (Lipinski definition) is 2. The van der Waals surface area contributed by atoms with Gasteiger partial charge in [0.1, 0.15) is 6.54 Å². The summed E-state index contributed by atoms with van der Waals surface area (Å²) in [6.45, 7) is -0.980. The molecule has 1 heterocycles. The molecule has 0 saturated carbocycles. The van der Waals surface area contributed by atoms with Gasteiger partial charge in [-0.15, -0.1) is 0 Å². The van der Waals surface area contributed by atoms with E-state index in [9.17, 15) is 31.2 Å². The Labute approximate surface area is 183 Å². The third-order valence-corrected chi connectivity index (χ3v) is 6.44. The van der Waals surface area contributed by atoms with E-state index in [0.717, 1.165) is 0 Å². The van der Waals surface area contributed by atoms with Crippen LogP contribution in [0.1, 0.15) is 22.3 Å². The van der Waals surface area contributed by atoms with Gasteiger partial charge in [0, 0.05) is 23.9 Å². The second-order valence-electron chi connectivity index (χ2n) is 7.03. The average molecular weight is 467 g/mol. The van der Waals surface area contributed by atoms with Crippen LogP contribution in [0.5, 0.6) is 0 Å². The molecule has 0 aliphatic carbocycles. The van der Waals surface area contributed by atoms with Gasteiger partial charge in [-0.1, -0.05) is 12.1 Å². The van der Waals surface area contributed by atoms with Gasteiger partial charge in [-0.25, -0.2) is 8.42 Å². The summed E-state index contributed by atoms with van der Waals surface area (Å²) in [7, 11) is -3.26. The molecule has 0 spiro atoms. The van der Waals surface area contributed by atoms with Gasteiger partial charge in [0.2, 0.25) is 15.9 Å². The molecule has 2 aromatic rings. The molecule has 0 atom stereocenters. The van der Waals surface area contributed by atoms with Crippen molar-refractivity contribution in [3.63, 3.8) is 0 Å². The first-order valence-corrected chi connectivity index (χ1v) is 11.2. The quantitative estimate of drug-likeness (QED) is 0.638. The van der Waals surface area contributed by atoms with Crippen molar-refractivity contribution < 1.29 is 31.2 Å². The van der Waals surface area contributed by atoms with Gasteiger partial charge >= 0.3 is 6.18 Å². The molecule has 2 N–H and O–H groups in total. The smallest absolute Gasteiger partial charge is 0.343 e. The lowest BCUT2D eigenvalue weighted by Crippen LogP contribution is -2.33. The molecule has 1 fully saturated rings. The normalized spacial score (nSPS) is 15.7. The minimum atomic E-state index is -4.50. The van der Waals surface area contributed by atoms with Gasteiger partial charge in [-0.2, -0.15) is 13.2 Å². The molecular formula is C21H20F3N3O4S. The fourth-order valence-electron chi connectivity index (χ4n) is 3.02. The lowest BCUT2D eigenvalue weighted by Gasteiger charge is -2.16. The topological polar surface area (TPSA) is 95.6 Å². The van der Waals surface area contributed by atoms with Gasteiger partial charge in [0.25, 0.3) is 5.91 Å². The number of halogens is 3. The molecule has 170 valence electrons. The Balaban J connectivity index is 1.54. The Morgan fingerprint density at radius 1 is 1.03 bits per heavy atom. The summed E-state index contributed by atoms with van der Waals surface area (Å²) in [5.74, 6) is -1.19.